The van der Waals surface area contributed by atoms with Gasteiger partial charge in [0.25, 0.3) is 0 Å². The van der Waals surface area contributed by atoms with Gasteiger partial charge in [-0.1, -0.05) is 25.6 Å². The van der Waals surface area contributed by atoms with Crippen LogP contribution in [0.15, 0.2) is 6.07 Å². The lowest BCUT2D eigenvalue weighted by atomic mass is 10.2. The van der Waals surface area contributed by atoms with Crippen molar-refractivity contribution < 1.29 is 14.3 Å². The van der Waals surface area contributed by atoms with Crippen LogP contribution < -0.4 is 10.5 Å². The number of carbonyl (C=O) groups excluding carboxylic acids is 1. The molecule has 0 radical (unpaired) electrons. The number of carbonyl (C=O) groups is 1. The lowest BCUT2D eigenvalue weighted by molar-refractivity contribution is 0.0515. The third kappa shape index (κ3) is 4.28. The molecule has 0 spiro atoms. The van der Waals surface area contributed by atoms with Crippen molar-refractivity contribution >= 4 is 19.7 Å². The molecule has 20 heavy (non-hydrogen) atoms. The standard InChI is InChI=1S/C14H20N2O3Si/c1-6-19-14(17)13-12(18-2)9-10(15)11(16-13)7-8-20(3,4)5/h9H,6,15H2,1-5H3. The van der Waals surface area contributed by atoms with Crippen LogP contribution in [-0.2, 0) is 4.74 Å². The number of nitrogens with zero attached hydrogens (tertiary/aromatic N) is 1. The molecular weight excluding hydrogens is 272 g/mol. The summed E-state index contributed by atoms with van der Waals surface area (Å²) in [4.78, 5) is 16.0. The Kier molecular flexibility index (Phi) is 5.17. The highest BCUT2D eigenvalue weighted by Crippen LogP contribution is 2.22. The lowest BCUT2D eigenvalue weighted by Gasteiger charge is -2.09. The Morgan fingerprint density at radius 3 is 2.60 bits per heavy atom. The summed E-state index contributed by atoms with van der Waals surface area (Å²) in [6.07, 6.45) is 0. The number of esters is 1. The van der Waals surface area contributed by atoms with Gasteiger partial charge in [-0.3, -0.25) is 0 Å². The summed E-state index contributed by atoms with van der Waals surface area (Å²) in [5, 5.41) is 0. The van der Waals surface area contributed by atoms with Gasteiger partial charge in [0, 0.05) is 6.07 Å². The zero-order valence-electron chi connectivity index (χ0n) is 12.5. The molecule has 1 rings (SSSR count). The van der Waals surface area contributed by atoms with Crippen molar-refractivity contribution in [3.8, 4) is 17.2 Å². The van der Waals surface area contributed by atoms with Crippen LogP contribution in [0.2, 0.25) is 19.6 Å². The lowest BCUT2D eigenvalue weighted by Crippen LogP contribution is -2.17. The van der Waals surface area contributed by atoms with Gasteiger partial charge in [-0.15, -0.1) is 5.54 Å². The van der Waals surface area contributed by atoms with Crippen molar-refractivity contribution in [1.29, 1.82) is 0 Å². The first kappa shape index (κ1) is 16.1. The smallest absolute Gasteiger partial charge is 0.360 e. The fourth-order valence-corrected chi connectivity index (χ4v) is 1.85. The molecule has 1 aromatic heterocycles. The van der Waals surface area contributed by atoms with Gasteiger partial charge in [-0.25, -0.2) is 9.78 Å². The molecule has 108 valence electrons. The molecule has 0 bridgehead atoms. The third-order valence-electron chi connectivity index (χ3n) is 2.26. The van der Waals surface area contributed by atoms with Crippen molar-refractivity contribution in [3.05, 3.63) is 17.5 Å². The molecule has 0 atom stereocenters. The fraction of sp³-hybridized carbons (Fsp3) is 0.429. The van der Waals surface area contributed by atoms with E-state index in [0.29, 0.717) is 17.1 Å². The summed E-state index contributed by atoms with van der Waals surface area (Å²) >= 11 is 0. The Labute approximate surface area is 120 Å². The topological polar surface area (TPSA) is 74.4 Å². The van der Waals surface area contributed by atoms with E-state index in [1.807, 2.05) is 0 Å². The van der Waals surface area contributed by atoms with Crippen LogP contribution in [0, 0.1) is 11.5 Å². The van der Waals surface area contributed by atoms with Gasteiger partial charge in [0.2, 0.25) is 0 Å². The highest BCUT2D eigenvalue weighted by atomic mass is 28.3. The van der Waals surface area contributed by atoms with Crippen molar-refractivity contribution in [2.24, 2.45) is 0 Å². The second-order valence-corrected chi connectivity index (χ2v) is 9.95. The highest BCUT2D eigenvalue weighted by molar-refractivity contribution is 6.83. The van der Waals surface area contributed by atoms with E-state index in [9.17, 15) is 4.79 Å². The zero-order chi connectivity index (χ0) is 15.3. The molecule has 0 aliphatic rings. The van der Waals surface area contributed by atoms with Crippen LogP contribution in [0.4, 0.5) is 5.69 Å². The van der Waals surface area contributed by atoms with Crippen LogP contribution in [0.25, 0.3) is 0 Å². The summed E-state index contributed by atoms with van der Waals surface area (Å²) in [6.45, 7) is 8.35. The summed E-state index contributed by atoms with van der Waals surface area (Å²) in [6, 6.07) is 1.55. The number of methoxy groups -OCH3 is 1. The molecular formula is C14H20N2O3Si. The monoisotopic (exact) mass is 292 g/mol. The number of nitrogen functional groups attached to an aromatic ring is 1. The Bertz CT molecular complexity index is 568. The molecule has 0 fully saturated rings. The average Bonchev–Trinajstić information content (AvgIpc) is 2.36. The summed E-state index contributed by atoms with van der Waals surface area (Å²) < 4.78 is 10.1. The largest absolute Gasteiger partial charge is 0.494 e. The highest BCUT2D eigenvalue weighted by Gasteiger charge is 2.18. The molecule has 0 amide bonds. The second kappa shape index (κ2) is 6.44. The van der Waals surface area contributed by atoms with Gasteiger partial charge >= 0.3 is 5.97 Å². The van der Waals surface area contributed by atoms with Crippen molar-refractivity contribution in [2.75, 3.05) is 19.5 Å². The molecule has 0 saturated carbocycles. The van der Waals surface area contributed by atoms with Crippen molar-refractivity contribution in [1.82, 2.24) is 4.98 Å². The number of hydrogen-bond acceptors (Lipinski definition) is 5. The molecule has 0 aliphatic carbocycles. The van der Waals surface area contributed by atoms with Crippen LogP contribution in [-0.4, -0.2) is 32.7 Å². The van der Waals surface area contributed by atoms with Crippen LogP contribution in [0.1, 0.15) is 23.1 Å². The first-order valence-electron chi connectivity index (χ1n) is 6.33. The predicted octanol–water partition coefficient (Wildman–Crippen LogP) is 2.08. The minimum Gasteiger partial charge on any atom is -0.494 e. The number of ether oxygens (including phenoxy) is 2. The van der Waals surface area contributed by atoms with E-state index >= 15 is 0 Å². The minimum atomic E-state index is -1.55. The molecule has 1 heterocycles. The Morgan fingerprint density at radius 1 is 1.45 bits per heavy atom. The first-order chi connectivity index (χ1) is 9.28. The van der Waals surface area contributed by atoms with Gasteiger partial charge in [0.15, 0.2) is 11.4 Å². The zero-order valence-corrected chi connectivity index (χ0v) is 13.5. The van der Waals surface area contributed by atoms with E-state index < -0.39 is 14.0 Å². The number of aromatic nitrogens is 1. The fourth-order valence-electron chi connectivity index (χ4n) is 1.36. The summed E-state index contributed by atoms with van der Waals surface area (Å²) in [5.41, 5.74) is 9.93. The predicted molar refractivity (Wildman–Crippen MR) is 81.4 cm³/mol. The first-order valence-corrected chi connectivity index (χ1v) is 9.83. The molecule has 2 N–H and O–H groups in total. The van der Waals surface area contributed by atoms with E-state index in [4.69, 9.17) is 15.2 Å². The Morgan fingerprint density at radius 2 is 2.10 bits per heavy atom. The Hall–Kier alpha value is -2.00. The van der Waals surface area contributed by atoms with Crippen LogP contribution >= 0.6 is 0 Å². The molecule has 5 nitrogen and oxygen atoms in total. The number of rotatable bonds is 3. The van der Waals surface area contributed by atoms with E-state index in [1.54, 1.807) is 13.0 Å². The van der Waals surface area contributed by atoms with Crippen molar-refractivity contribution in [3.63, 3.8) is 0 Å². The van der Waals surface area contributed by atoms with Gasteiger partial charge < -0.3 is 15.2 Å². The molecule has 0 aliphatic heterocycles. The quantitative estimate of drug-likeness (QED) is 0.524. The summed E-state index contributed by atoms with van der Waals surface area (Å²) in [5.74, 6) is 2.70. The molecule has 0 aromatic carbocycles. The Balaban J connectivity index is 3.30. The van der Waals surface area contributed by atoms with Gasteiger partial charge in [0.05, 0.1) is 19.4 Å². The molecule has 6 heteroatoms. The number of nitrogens with two attached hydrogens (primary N) is 1. The number of pyridine rings is 1. The van der Waals surface area contributed by atoms with E-state index in [0.717, 1.165) is 0 Å². The molecule has 0 unspecified atom stereocenters. The van der Waals surface area contributed by atoms with Gasteiger partial charge in [-0.2, -0.15) is 0 Å². The number of anilines is 1. The second-order valence-electron chi connectivity index (χ2n) is 5.20. The van der Waals surface area contributed by atoms with Crippen LogP contribution in [0.5, 0.6) is 5.75 Å². The maximum atomic E-state index is 11.8. The maximum absolute atomic E-state index is 11.8. The summed E-state index contributed by atoms with van der Waals surface area (Å²) in [7, 11) is -0.0977. The van der Waals surface area contributed by atoms with E-state index in [-0.39, 0.29) is 12.3 Å². The van der Waals surface area contributed by atoms with E-state index in [1.165, 1.54) is 7.11 Å². The SMILES string of the molecule is CCOC(=O)c1nc(C#C[Si](C)(C)C)c(N)cc1OC. The average molecular weight is 292 g/mol. The minimum absolute atomic E-state index is 0.100. The maximum Gasteiger partial charge on any atom is 0.360 e. The number of hydrogen-bond donors (Lipinski definition) is 1. The van der Waals surface area contributed by atoms with Crippen LogP contribution in [0.3, 0.4) is 0 Å². The van der Waals surface area contributed by atoms with E-state index in [2.05, 4.69) is 36.1 Å². The normalized spacial score (nSPS) is 10.4. The third-order valence-corrected chi connectivity index (χ3v) is 3.14. The molecule has 0 saturated heterocycles. The van der Waals surface area contributed by atoms with Gasteiger partial charge in [0.1, 0.15) is 13.8 Å². The molecule has 1 aromatic rings. The van der Waals surface area contributed by atoms with Crippen molar-refractivity contribution in [2.45, 2.75) is 26.6 Å². The van der Waals surface area contributed by atoms with Gasteiger partial charge in [-0.05, 0) is 6.92 Å².